The quantitative estimate of drug-likeness (QED) is 0.240. The number of anilines is 2. The van der Waals surface area contributed by atoms with E-state index < -0.39 is 4.92 Å². The van der Waals surface area contributed by atoms with Crippen molar-refractivity contribution in [1.82, 2.24) is 10.3 Å². The number of nitro groups is 1. The first-order chi connectivity index (χ1) is 10.1. The average molecular weight is 294 g/mol. The lowest BCUT2D eigenvalue weighted by atomic mass is 10.3. The number of nitrogens with one attached hydrogen (secondary N) is 3. The van der Waals surface area contributed by atoms with Crippen LogP contribution in [0.5, 0.6) is 0 Å². The molecule has 5 N–H and O–H groups in total. The van der Waals surface area contributed by atoms with Crippen LogP contribution < -0.4 is 21.9 Å². The molecule has 9 heteroatoms. The number of carbonyl (C=O) groups is 1. The fraction of sp³-hybridized carbons (Fsp3) is 0.500. The first-order valence-corrected chi connectivity index (χ1v) is 6.75. The van der Waals surface area contributed by atoms with Crippen molar-refractivity contribution in [2.24, 2.45) is 5.84 Å². The number of rotatable bonds is 8. The zero-order chi connectivity index (χ0) is 15.2. The Labute approximate surface area is 121 Å². The van der Waals surface area contributed by atoms with Gasteiger partial charge in [-0.15, -0.1) is 0 Å². The Morgan fingerprint density at radius 3 is 2.86 bits per heavy atom. The minimum atomic E-state index is -0.518. The molecule has 1 aromatic heterocycles. The highest BCUT2D eigenvalue weighted by Crippen LogP contribution is 2.23. The van der Waals surface area contributed by atoms with Gasteiger partial charge >= 0.3 is 5.69 Å². The van der Waals surface area contributed by atoms with E-state index in [9.17, 15) is 14.9 Å². The number of nitrogens with zero attached hydrogens (tertiary/aromatic N) is 2. The number of hydrogen-bond donors (Lipinski definition) is 4. The number of amides is 1. The molecule has 0 radical (unpaired) electrons. The molecule has 9 nitrogen and oxygen atoms in total. The highest BCUT2D eigenvalue weighted by molar-refractivity contribution is 5.76. The van der Waals surface area contributed by atoms with Crippen molar-refractivity contribution in [3.8, 4) is 0 Å². The summed E-state index contributed by atoms with van der Waals surface area (Å²) in [6.45, 7) is 0.417. The molecule has 1 heterocycles. The molecular formula is C12H18N6O3. The number of nitrogen functional groups attached to an aromatic ring is 1. The Kier molecular flexibility index (Phi) is 4.88. The molecule has 1 aromatic rings. The fourth-order valence-electron chi connectivity index (χ4n) is 1.79. The van der Waals surface area contributed by atoms with Gasteiger partial charge in [-0.05, 0) is 25.3 Å². The van der Waals surface area contributed by atoms with Gasteiger partial charge in [0.05, 0.1) is 4.92 Å². The van der Waals surface area contributed by atoms with Crippen LogP contribution in [0.3, 0.4) is 0 Å². The van der Waals surface area contributed by atoms with Crippen molar-refractivity contribution in [2.75, 3.05) is 17.3 Å². The Bertz CT molecular complexity index is 532. The number of nitrogens with two attached hydrogens (primary N) is 1. The van der Waals surface area contributed by atoms with Crippen LogP contribution in [0.1, 0.15) is 25.7 Å². The van der Waals surface area contributed by atoms with E-state index in [0.29, 0.717) is 31.2 Å². The molecule has 0 spiro atoms. The second-order valence-corrected chi connectivity index (χ2v) is 4.84. The number of hydrazine groups is 1. The van der Waals surface area contributed by atoms with Gasteiger partial charge in [0.15, 0.2) is 0 Å². The molecule has 0 aromatic carbocycles. The maximum absolute atomic E-state index is 11.5. The van der Waals surface area contributed by atoms with Gasteiger partial charge in [0.1, 0.15) is 5.82 Å². The Hall–Kier alpha value is -2.42. The molecule has 21 heavy (non-hydrogen) atoms. The minimum Gasteiger partial charge on any atom is -0.364 e. The monoisotopic (exact) mass is 294 g/mol. The van der Waals surface area contributed by atoms with Crippen molar-refractivity contribution >= 4 is 23.2 Å². The molecule has 1 fully saturated rings. The molecule has 0 atom stereocenters. The number of carbonyl (C=O) groups excluding carboxylic acids is 1. The average Bonchev–Trinajstić information content (AvgIpc) is 3.27. The van der Waals surface area contributed by atoms with Gasteiger partial charge in [-0.3, -0.25) is 14.9 Å². The molecule has 114 valence electrons. The van der Waals surface area contributed by atoms with E-state index in [1.807, 2.05) is 0 Å². The fourth-order valence-corrected chi connectivity index (χ4v) is 1.79. The van der Waals surface area contributed by atoms with Crippen LogP contribution in [0.4, 0.5) is 17.3 Å². The highest BCUT2D eigenvalue weighted by atomic mass is 16.6. The van der Waals surface area contributed by atoms with E-state index in [-0.39, 0.29) is 17.4 Å². The zero-order valence-corrected chi connectivity index (χ0v) is 11.5. The standard InChI is InChI=1S/C12H18N6O3/c13-17-10-6-5-9(18(20)21)12(16-10)14-7-1-2-11(19)15-8-3-4-8/h5-6,8H,1-4,7,13H2,(H,15,19)(H2,14,16,17). The van der Waals surface area contributed by atoms with Gasteiger partial charge < -0.3 is 16.1 Å². The summed E-state index contributed by atoms with van der Waals surface area (Å²) in [6, 6.07) is 3.09. The van der Waals surface area contributed by atoms with Gasteiger partial charge in [0, 0.05) is 25.1 Å². The van der Waals surface area contributed by atoms with Gasteiger partial charge in [-0.1, -0.05) is 0 Å². The van der Waals surface area contributed by atoms with Crippen molar-refractivity contribution in [3.05, 3.63) is 22.2 Å². The van der Waals surface area contributed by atoms with Crippen molar-refractivity contribution in [1.29, 1.82) is 0 Å². The Morgan fingerprint density at radius 1 is 1.48 bits per heavy atom. The van der Waals surface area contributed by atoms with Crippen LogP contribution in [-0.2, 0) is 4.79 Å². The van der Waals surface area contributed by atoms with Gasteiger partial charge in [-0.25, -0.2) is 10.8 Å². The second-order valence-electron chi connectivity index (χ2n) is 4.84. The SMILES string of the molecule is NNc1ccc([N+](=O)[O-])c(NCCCC(=O)NC2CC2)n1. The van der Waals surface area contributed by atoms with Crippen LogP contribution in [0, 0.1) is 10.1 Å². The number of aromatic nitrogens is 1. The Morgan fingerprint density at radius 2 is 2.24 bits per heavy atom. The molecule has 0 saturated heterocycles. The first kappa shape index (κ1) is 15.0. The Balaban J connectivity index is 1.83. The lowest BCUT2D eigenvalue weighted by molar-refractivity contribution is -0.384. The van der Waals surface area contributed by atoms with Crippen molar-refractivity contribution < 1.29 is 9.72 Å². The van der Waals surface area contributed by atoms with Crippen LogP contribution in [0.25, 0.3) is 0 Å². The molecule has 1 amide bonds. The van der Waals surface area contributed by atoms with Gasteiger partial charge in [-0.2, -0.15) is 0 Å². The summed E-state index contributed by atoms with van der Waals surface area (Å²) in [5.41, 5.74) is 2.20. The molecule has 1 saturated carbocycles. The van der Waals surface area contributed by atoms with Crippen LogP contribution in [0.2, 0.25) is 0 Å². The molecule has 1 aliphatic rings. The molecule has 0 bridgehead atoms. The van der Waals surface area contributed by atoms with E-state index in [0.717, 1.165) is 12.8 Å². The summed E-state index contributed by atoms with van der Waals surface area (Å²) in [5, 5.41) is 16.6. The second kappa shape index (κ2) is 6.84. The van der Waals surface area contributed by atoms with E-state index >= 15 is 0 Å². The third-order valence-corrected chi connectivity index (χ3v) is 3.03. The van der Waals surface area contributed by atoms with Crippen LogP contribution >= 0.6 is 0 Å². The summed E-state index contributed by atoms with van der Waals surface area (Å²) < 4.78 is 0. The predicted molar refractivity (Wildman–Crippen MR) is 77.6 cm³/mol. The van der Waals surface area contributed by atoms with E-state index in [2.05, 4.69) is 21.0 Å². The van der Waals surface area contributed by atoms with Gasteiger partial charge in [0.25, 0.3) is 0 Å². The zero-order valence-electron chi connectivity index (χ0n) is 11.5. The summed E-state index contributed by atoms with van der Waals surface area (Å²) >= 11 is 0. The number of hydrogen-bond acceptors (Lipinski definition) is 7. The summed E-state index contributed by atoms with van der Waals surface area (Å²) in [6.07, 6.45) is 3.06. The largest absolute Gasteiger partial charge is 0.364 e. The summed E-state index contributed by atoms with van der Waals surface area (Å²) in [4.78, 5) is 25.9. The van der Waals surface area contributed by atoms with Crippen LogP contribution in [-0.4, -0.2) is 28.4 Å². The first-order valence-electron chi connectivity index (χ1n) is 6.75. The molecule has 0 unspecified atom stereocenters. The number of pyridine rings is 1. The van der Waals surface area contributed by atoms with E-state index in [4.69, 9.17) is 5.84 Å². The molecule has 2 rings (SSSR count). The lowest BCUT2D eigenvalue weighted by Gasteiger charge is -2.08. The van der Waals surface area contributed by atoms with Gasteiger partial charge in [0.2, 0.25) is 11.7 Å². The van der Waals surface area contributed by atoms with Crippen molar-refractivity contribution in [2.45, 2.75) is 31.7 Å². The predicted octanol–water partition coefficient (Wildman–Crippen LogP) is 0.746. The third kappa shape index (κ3) is 4.56. The summed E-state index contributed by atoms with van der Waals surface area (Å²) in [7, 11) is 0. The maximum Gasteiger partial charge on any atom is 0.311 e. The lowest BCUT2D eigenvalue weighted by Crippen LogP contribution is -2.25. The summed E-state index contributed by atoms with van der Waals surface area (Å²) in [5.74, 6) is 5.71. The van der Waals surface area contributed by atoms with Crippen LogP contribution in [0.15, 0.2) is 12.1 Å². The maximum atomic E-state index is 11.5. The van der Waals surface area contributed by atoms with E-state index in [1.54, 1.807) is 0 Å². The molecule has 0 aliphatic heterocycles. The molecule has 1 aliphatic carbocycles. The highest BCUT2D eigenvalue weighted by Gasteiger charge is 2.22. The van der Waals surface area contributed by atoms with E-state index in [1.165, 1.54) is 12.1 Å². The molecular weight excluding hydrogens is 276 g/mol. The third-order valence-electron chi connectivity index (χ3n) is 3.03. The van der Waals surface area contributed by atoms with Crippen molar-refractivity contribution in [3.63, 3.8) is 0 Å². The smallest absolute Gasteiger partial charge is 0.311 e. The normalized spacial score (nSPS) is 13.6. The minimum absolute atomic E-state index is 0.0131. The topological polar surface area (TPSA) is 135 Å².